The van der Waals surface area contributed by atoms with Crippen LogP contribution >= 0.6 is 0 Å². The van der Waals surface area contributed by atoms with Crippen LogP contribution in [0.2, 0.25) is 0 Å². The van der Waals surface area contributed by atoms with Gasteiger partial charge in [-0.1, -0.05) is 80.9 Å². The number of carbonyl (C=O) groups is 1. The highest BCUT2D eigenvalue weighted by atomic mass is 32.2. The average Bonchev–Trinajstić information content (AvgIpc) is 3.54. The third kappa shape index (κ3) is 5.98. The molecule has 0 spiro atoms. The Morgan fingerprint density at radius 3 is 2.11 bits per heavy atom. The minimum absolute atomic E-state index is 0.00497. The van der Waals surface area contributed by atoms with E-state index in [4.69, 9.17) is 0 Å². The van der Waals surface area contributed by atoms with E-state index >= 15 is 0 Å². The SMILES string of the molecule is Cc1cc(C)c(S(=O)(=O)N(CC(=O)N2CCCC2c2ccc(C(C)(C)C)cc2)c2c(C)n(C)n(-c3ccccc3)c2=O)c(C)c1. The topological polar surface area (TPSA) is 84.6 Å². The van der Waals surface area contributed by atoms with Crippen molar-refractivity contribution in [2.24, 2.45) is 7.05 Å². The molecule has 1 unspecified atom stereocenters. The molecular weight excluding hydrogens is 584 g/mol. The Bertz CT molecular complexity index is 1880. The van der Waals surface area contributed by atoms with Crippen LogP contribution in [-0.4, -0.2) is 41.7 Å². The summed E-state index contributed by atoms with van der Waals surface area (Å²) in [6.45, 7) is 13.7. The summed E-state index contributed by atoms with van der Waals surface area (Å²) in [5, 5.41) is 0. The van der Waals surface area contributed by atoms with E-state index in [9.17, 15) is 18.0 Å². The first kappa shape index (κ1) is 32.3. The van der Waals surface area contributed by atoms with Gasteiger partial charge in [0.05, 0.1) is 22.3 Å². The Labute approximate surface area is 266 Å². The van der Waals surface area contributed by atoms with Crippen molar-refractivity contribution in [3.63, 3.8) is 0 Å². The fourth-order valence-corrected chi connectivity index (χ4v) is 8.52. The molecule has 45 heavy (non-hydrogen) atoms. The number of sulfonamides is 1. The van der Waals surface area contributed by atoms with E-state index in [1.807, 2.05) is 37.3 Å². The van der Waals surface area contributed by atoms with Crippen LogP contribution in [0.15, 0.2) is 76.4 Å². The van der Waals surface area contributed by atoms with Crippen molar-refractivity contribution in [3.05, 3.63) is 111 Å². The van der Waals surface area contributed by atoms with Gasteiger partial charge in [-0.3, -0.25) is 14.3 Å². The van der Waals surface area contributed by atoms with Gasteiger partial charge in [0.1, 0.15) is 12.2 Å². The molecule has 1 atom stereocenters. The number of benzene rings is 3. The molecule has 238 valence electrons. The number of carbonyl (C=O) groups excluding carboxylic acids is 1. The van der Waals surface area contributed by atoms with Gasteiger partial charge in [-0.25, -0.2) is 17.4 Å². The molecule has 4 aromatic rings. The van der Waals surface area contributed by atoms with Gasteiger partial charge in [0.2, 0.25) is 5.91 Å². The minimum Gasteiger partial charge on any atom is -0.334 e. The maximum Gasteiger partial charge on any atom is 0.296 e. The number of aromatic nitrogens is 2. The summed E-state index contributed by atoms with van der Waals surface area (Å²) >= 11 is 0. The summed E-state index contributed by atoms with van der Waals surface area (Å²) in [4.78, 5) is 30.3. The Morgan fingerprint density at radius 2 is 1.53 bits per heavy atom. The summed E-state index contributed by atoms with van der Waals surface area (Å²) in [7, 11) is -2.61. The van der Waals surface area contributed by atoms with Gasteiger partial charge in [-0.2, -0.15) is 0 Å². The maximum absolute atomic E-state index is 14.7. The van der Waals surface area contributed by atoms with Gasteiger partial charge in [0, 0.05) is 13.6 Å². The van der Waals surface area contributed by atoms with Crippen LogP contribution in [0.5, 0.6) is 0 Å². The number of likely N-dealkylation sites (tertiary alicyclic amines) is 1. The van der Waals surface area contributed by atoms with Gasteiger partial charge >= 0.3 is 0 Å². The predicted octanol–water partition coefficient (Wildman–Crippen LogP) is 6.27. The largest absolute Gasteiger partial charge is 0.334 e. The van der Waals surface area contributed by atoms with E-state index in [-0.39, 0.29) is 27.9 Å². The number of rotatable bonds is 7. The lowest BCUT2D eigenvalue weighted by Crippen LogP contribution is -2.45. The Morgan fingerprint density at radius 1 is 0.933 bits per heavy atom. The number of hydrogen-bond donors (Lipinski definition) is 0. The summed E-state index contributed by atoms with van der Waals surface area (Å²) in [5.41, 5.74) is 4.82. The molecule has 0 aliphatic carbocycles. The maximum atomic E-state index is 14.7. The van der Waals surface area contributed by atoms with Crippen molar-refractivity contribution in [2.75, 3.05) is 17.4 Å². The molecule has 8 nitrogen and oxygen atoms in total. The number of amides is 1. The van der Waals surface area contributed by atoms with E-state index in [2.05, 4.69) is 45.0 Å². The zero-order valence-corrected chi connectivity index (χ0v) is 28.4. The third-order valence-electron chi connectivity index (χ3n) is 8.94. The van der Waals surface area contributed by atoms with Crippen LogP contribution < -0.4 is 9.86 Å². The second kappa shape index (κ2) is 12.0. The van der Waals surface area contributed by atoms with Crippen LogP contribution in [0, 0.1) is 27.7 Å². The lowest BCUT2D eigenvalue weighted by atomic mass is 9.86. The Kier molecular flexibility index (Phi) is 8.61. The summed E-state index contributed by atoms with van der Waals surface area (Å²) in [6, 6.07) is 20.9. The Balaban J connectivity index is 1.61. The summed E-state index contributed by atoms with van der Waals surface area (Å²) in [5.74, 6) is -0.336. The average molecular weight is 629 g/mol. The van der Waals surface area contributed by atoms with Crippen LogP contribution in [0.4, 0.5) is 5.69 Å². The van der Waals surface area contributed by atoms with E-state index in [0.717, 1.165) is 28.3 Å². The number of aryl methyl sites for hydroxylation is 3. The summed E-state index contributed by atoms with van der Waals surface area (Å²) in [6.07, 6.45) is 1.60. The van der Waals surface area contributed by atoms with Gasteiger partial charge in [0.25, 0.3) is 15.6 Å². The minimum atomic E-state index is -4.33. The van der Waals surface area contributed by atoms with Crippen molar-refractivity contribution in [3.8, 4) is 5.69 Å². The van der Waals surface area contributed by atoms with Crippen LogP contribution in [0.25, 0.3) is 5.69 Å². The molecule has 0 radical (unpaired) electrons. The molecule has 1 aliphatic heterocycles. The smallest absolute Gasteiger partial charge is 0.296 e. The van der Waals surface area contributed by atoms with Crippen molar-refractivity contribution in [1.29, 1.82) is 0 Å². The number of hydrogen-bond acceptors (Lipinski definition) is 4. The van der Waals surface area contributed by atoms with Crippen molar-refractivity contribution in [2.45, 2.75) is 77.7 Å². The molecule has 5 rings (SSSR count). The third-order valence-corrected chi connectivity index (χ3v) is 11.0. The molecular formula is C36H44N4O4S. The highest BCUT2D eigenvalue weighted by Crippen LogP contribution is 2.35. The van der Waals surface area contributed by atoms with E-state index in [1.54, 1.807) is 49.5 Å². The molecule has 1 saturated heterocycles. The fraction of sp³-hybridized carbons (Fsp3) is 0.389. The molecule has 1 fully saturated rings. The lowest BCUT2D eigenvalue weighted by Gasteiger charge is -2.30. The second-order valence-corrected chi connectivity index (χ2v) is 15.1. The number of anilines is 1. The molecule has 1 aromatic heterocycles. The standard InChI is InChI=1S/C36H44N4O4S/c1-24-21-25(2)34(26(3)22-24)45(43,44)39(33-27(4)37(8)40(35(33)42)30-13-10-9-11-14-30)23-32(41)38-20-12-15-31(38)28-16-18-29(19-17-28)36(5,6)7/h9-11,13-14,16-19,21-22,31H,12,15,20,23H2,1-8H3. The van der Waals surface area contributed by atoms with E-state index in [1.165, 1.54) is 10.2 Å². The quantitative estimate of drug-likeness (QED) is 0.242. The highest BCUT2D eigenvalue weighted by Gasteiger charge is 2.38. The van der Waals surface area contributed by atoms with Crippen molar-refractivity contribution < 1.29 is 13.2 Å². The summed E-state index contributed by atoms with van der Waals surface area (Å²) < 4.78 is 33.5. The molecule has 0 bridgehead atoms. The van der Waals surface area contributed by atoms with Crippen molar-refractivity contribution >= 4 is 21.6 Å². The molecule has 2 heterocycles. The first-order valence-corrected chi connectivity index (χ1v) is 16.9. The molecule has 0 saturated carbocycles. The van der Waals surface area contributed by atoms with Gasteiger partial charge in [-0.05, 0) is 80.3 Å². The monoisotopic (exact) mass is 628 g/mol. The zero-order valence-electron chi connectivity index (χ0n) is 27.6. The molecule has 0 N–H and O–H groups in total. The first-order valence-electron chi connectivity index (χ1n) is 15.5. The van der Waals surface area contributed by atoms with Gasteiger partial charge in [-0.15, -0.1) is 0 Å². The Hall–Kier alpha value is -4.11. The van der Waals surface area contributed by atoms with Gasteiger partial charge < -0.3 is 4.90 Å². The van der Waals surface area contributed by atoms with E-state index < -0.39 is 22.1 Å². The van der Waals surface area contributed by atoms with E-state index in [0.29, 0.717) is 29.1 Å². The van der Waals surface area contributed by atoms with Crippen LogP contribution in [0.1, 0.15) is 73.2 Å². The van der Waals surface area contributed by atoms with Crippen molar-refractivity contribution in [1.82, 2.24) is 14.3 Å². The first-order chi connectivity index (χ1) is 21.1. The van der Waals surface area contributed by atoms with Crippen LogP contribution in [-0.2, 0) is 27.3 Å². The normalized spacial score (nSPS) is 15.5. The number of para-hydroxylation sites is 1. The highest BCUT2D eigenvalue weighted by molar-refractivity contribution is 7.93. The molecule has 1 amide bonds. The molecule has 1 aliphatic rings. The lowest BCUT2D eigenvalue weighted by molar-refractivity contribution is -0.130. The van der Waals surface area contributed by atoms with Gasteiger partial charge in [0.15, 0.2) is 0 Å². The molecule has 9 heteroatoms. The fourth-order valence-electron chi connectivity index (χ4n) is 6.64. The number of nitrogens with zero attached hydrogens (tertiary/aromatic N) is 4. The predicted molar refractivity (Wildman–Crippen MR) is 180 cm³/mol. The molecule has 3 aromatic carbocycles. The second-order valence-electron chi connectivity index (χ2n) is 13.3. The van der Waals surface area contributed by atoms with Crippen LogP contribution in [0.3, 0.4) is 0 Å². The zero-order chi connectivity index (χ0) is 32.8.